The first-order chi connectivity index (χ1) is 10.6. The van der Waals surface area contributed by atoms with Crippen LogP contribution in [0.3, 0.4) is 0 Å². The molecule has 1 aromatic carbocycles. The van der Waals surface area contributed by atoms with Gasteiger partial charge in [0, 0.05) is 0 Å². The van der Waals surface area contributed by atoms with E-state index in [9.17, 15) is 10.2 Å². The van der Waals surface area contributed by atoms with E-state index in [0.29, 0.717) is 6.54 Å². The summed E-state index contributed by atoms with van der Waals surface area (Å²) in [6, 6.07) is 4.71. The van der Waals surface area contributed by atoms with E-state index in [1.807, 2.05) is 0 Å². The highest BCUT2D eigenvalue weighted by atomic mass is 16.3. The highest BCUT2D eigenvalue weighted by Gasteiger charge is 2.15. The predicted octanol–water partition coefficient (Wildman–Crippen LogP) is 2.10. The number of hydrogen-bond donors (Lipinski definition) is 3. The van der Waals surface area contributed by atoms with Crippen molar-refractivity contribution in [2.45, 2.75) is 26.3 Å². The van der Waals surface area contributed by atoms with E-state index >= 15 is 0 Å². The van der Waals surface area contributed by atoms with E-state index in [4.69, 9.17) is 0 Å². The highest BCUT2D eigenvalue weighted by molar-refractivity contribution is 5.76. The molecule has 0 radical (unpaired) electrons. The number of aromatic hydroxyl groups is 2. The molecule has 3 N–H and O–H groups in total. The Morgan fingerprint density at radius 2 is 2.05 bits per heavy atom. The van der Waals surface area contributed by atoms with Crippen molar-refractivity contribution in [3.05, 3.63) is 42.0 Å². The zero-order valence-corrected chi connectivity index (χ0v) is 12.4. The van der Waals surface area contributed by atoms with Crippen molar-refractivity contribution in [1.29, 1.82) is 0 Å². The van der Waals surface area contributed by atoms with Gasteiger partial charge in [-0.25, -0.2) is 9.97 Å². The Morgan fingerprint density at radius 1 is 1.23 bits per heavy atom. The molecule has 3 rings (SSSR count). The van der Waals surface area contributed by atoms with Crippen molar-refractivity contribution in [2.75, 3.05) is 5.43 Å². The molecule has 2 aromatic heterocycles. The summed E-state index contributed by atoms with van der Waals surface area (Å²) in [5, 5.41) is 23.3. The Hall–Kier alpha value is -2.83. The van der Waals surface area contributed by atoms with Crippen molar-refractivity contribution >= 4 is 11.0 Å². The maximum absolute atomic E-state index is 9.54. The third-order valence-electron chi connectivity index (χ3n) is 3.39. The number of fused-ring (bicyclic) bond motifs is 1. The third-order valence-corrected chi connectivity index (χ3v) is 3.39. The number of rotatable bonds is 4. The maximum atomic E-state index is 9.54. The first kappa shape index (κ1) is 14.1. The Labute approximate surface area is 127 Å². The molecular formula is C15H17N5O2. The monoisotopic (exact) mass is 299 g/mol. The van der Waals surface area contributed by atoms with Gasteiger partial charge in [0.25, 0.3) is 0 Å². The van der Waals surface area contributed by atoms with E-state index in [-0.39, 0.29) is 17.4 Å². The summed E-state index contributed by atoms with van der Waals surface area (Å²) >= 11 is 0. The lowest BCUT2D eigenvalue weighted by atomic mass is 10.1. The summed E-state index contributed by atoms with van der Waals surface area (Å²) in [7, 11) is 0. The number of benzene rings is 1. The SMILES string of the molecule is CC(C)c1c2ncncc2nn1NCc1ccc(O)c(O)c1. The van der Waals surface area contributed by atoms with Gasteiger partial charge in [-0.3, -0.25) is 0 Å². The smallest absolute Gasteiger partial charge is 0.157 e. The van der Waals surface area contributed by atoms with Crippen LogP contribution in [0.5, 0.6) is 11.5 Å². The van der Waals surface area contributed by atoms with Crippen molar-refractivity contribution in [2.24, 2.45) is 0 Å². The average molecular weight is 299 g/mol. The van der Waals surface area contributed by atoms with Crippen LogP contribution in [0, 0.1) is 0 Å². The molecule has 7 nitrogen and oxygen atoms in total. The molecule has 2 heterocycles. The minimum Gasteiger partial charge on any atom is -0.504 e. The topological polar surface area (TPSA) is 96.1 Å². The van der Waals surface area contributed by atoms with Crippen LogP contribution < -0.4 is 5.43 Å². The van der Waals surface area contributed by atoms with Gasteiger partial charge in [0.2, 0.25) is 0 Å². The zero-order chi connectivity index (χ0) is 15.7. The Kier molecular flexibility index (Phi) is 3.54. The number of phenolic OH excluding ortho intramolecular Hbond substituents is 2. The molecule has 0 fully saturated rings. The quantitative estimate of drug-likeness (QED) is 0.638. The van der Waals surface area contributed by atoms with E-state index < -0.39 is 0 Å². The zero-order valence-electron chi connectivity index (χ0n) is 12.4. The van der Waals surface area contributed by atoms with Gasteiger partial charge in [-0.2, -0.15) is 4.79 Å². The summed E-state index contributed by atoms with van der Waals surface area (Å²) in [5.74, 6) is -0.0350. The third kappa shape index (κ3) is 2.52. The van der Waals surface area contributed by atoms with E-state index in [1.165, 1.54) is 18.5 Å². The summed E-state index contributed by atoms with van der Waals surface area (Å²) in [6.45, 7) is 4.60. The normalized spacial score (nSPS) is 11.2. The lowest BCUT2D eigenvalue weighted by Crippen LogP contribution is -2.19. The predicted molar refractivity (Wildman–Crippen MR) is 82.2 cm³/mol. The van der Waals surface area contributed by atoms with Gasteiger partial charge in [-0.05, 0) is 23.6 Å². The van der Waals surface area contributed by atoms with E-state index in [2.05, 4.69) is 34.3 Å². The van der Waals surface area contributed by atoms with Gasteiger partial charge >= 0.3 is 0 Å². The Morgan fingerprint density at radius 3 is 2.77 bits per heavy atom. The van der Waals surface area contributed by atoms with Crippen LogP contribution in [0.15, 0.2) is 30.7 Å². The molecule has 114 valence electrons. The largest absolute Gasteiger partial charge is 0.504 e. The lowest BCUT2D eigenvalue weighted by Gasteiger charge is -2.12. The first-order valence-corrected chi connectivity index (χ1v) is 6.99. The lowest BCUT2D eigenvalue weighted by molar-refractivity contribution is 0.403. The molecule has 0 spiro atoms. The van der Waals surface area contributed by atoms with Crippen LogP contribution in [-0.4, -0.2) is 30.1 Å². The number of nitrogens with one attached hydrogen (secondary N) is 1. The molecule has 0 aliphatic heterocycles. The Bertz CT molecular complexity index is 813. The van der Waals surface area contributed by atoms with Crippen molar-refractivity contribution in [3.63, 3.8) is 0 Å². The molecular weight excluding hydrogens is 282 g/mol. The molecule has 0 saturated heterocycles. The number of hydrogen-bond acceptors (Lipinski definition) is 6. The molecule has 22 heavy (non-hydrogen) atoms. The van der Waals surface area contributed by atoms with Crippen molar-refractivity contribution in [1.82, 2.24) is 19.9 Å². The van der Waals surface area contributed by atoms with Gasteiger partial charge in [0.15, 0.2) is 11.5 Å². The summed E-state index contributed by atoms with van der Waals surface area (Å²) in [5.41, 5.74) is 6.55. The molecule has 7 heteroatoms. The van der Waals surface area contributed by atoms with Gasteiger partial charge in [0.05, 0.1) is 18.4 Å². The fourth-order valence-corrected chi connectivity index (χ4v) is 2.34. The van der Waals surface area contributed by atoms with E-state index in [0.717, 1.165) is 22.3 Å². The molecule has 0 bridgehead atoms. The van der Waals surface area contributed by atoms with Crippen LogP contribution in [0.1, 0.15) is 31.0 Å². The summed E-state index contributed by atoms with van der Waals surface area (Å²) < 4.78 is 0. The van der Waals surface area contributed by atoms with Gasteiger partial charge in [-0.1, -0.05) is 19.9 Å². The van der Waals surface area contributed by atoms with Crippen LogP contribution in [-0.2, 0) is 6.54 Å². The molecule has 0 amide bonds. The number of aromatic nitrogens is 4. The van der Waals surface area contributed by atoms with Crippen LogP contribution >= 0.6 is 0 Å². The molecule has 0 aliphatic rings. The second-order valence-electron chi connectivity index (χ2n) is 5.37. The van der Waals surface area contributed by atoms with Crippen molar-refractivity contribution in [3.8, 4) is 11.5 Å². The standard InChI is InChI=1S/C15H17N5O2/c1-9(2)15-14-11(7-16-8-17-14)19-20(15)18-6-10-3-4-12(21)13(22)5-10/h3-5,7-9,18,21-22H,6H2,1-2H3. The maximum Gasteiger partial charge on any atom is 0.157 e. The van der Waals surface area contributed by atoms with Gasteiger partial charge < -0.3 is 15.6 Å². The van der Waals surface area contributed by atoms with Gasteiger partial charge in [0.1, 0.15) is 17.4 Å². The summed E-state index contributed by atoms with van der Waals surface area (Å²) in [4.78, 5) is 9.99. The second-order valence-corrected chi connectivity index (χ2v) is 5.37. The number of nitrogens with zero attached hydrogens (tertiary/aromatic N) is 4. The molecule has 0 saturated carbocycles. The number of phenols is 2. The molecule has 3 aromatic rings. The summed E-state index contributed by atoms with van der Waals surface area (Å²) in [6.07, 6.45) is 3.19. The van der Waals surface area contributed by atoms with Crippen molar-refractivity contribution < 1.29 is 10.2 Å². The molecule has 0 atom stereocenters. The Balaban J connectivity index is 1.90. The first-order valence-electron chi connectivity index (χ1n) is 6.99. The highest BCUT2D eigenvalue weighted by Crippen LogP contribution is 2.25. The van der Waals surface area contributed by atoms with Crippen LogP contribution in [0.2, 0.25) is 0 Å². The molecule has 0 unspecified atom stereocenters. The minimum absolute atomic E-state index is 0.133. The fourth-order valence-electron chi connectivity index (χ4n) is 2.34. The fraction of sp³-hybridized carbons (Fsp3) is 0.267. The minimum atomic E-state index is -0.139. The molecule has 0 aliphatic carbocycles. The van der Waals surface area contributed by atoms with E-state index in [1.54, 1.807) is 17.1 Å². The van der Waals surface area contributed by atoms with Gasteiger partial charge in [-0.15, -0.1) is 5.10 Å². The average Bonchev–Trinajstić information content (AvgIpc) is 2.87. The van der Waals surface area contributed by atoms with Crippen LogP contribution in [0.4, 0.5) is 0 Å². The second kappa shape index (κ2) is 5.51. The van der Waals surface area contributed by atoms with Crippen LogP contribution in [0.25, 0.3) is 11.0 Å².